The molecule has 7 nitrogen and oxygen atoms in total. The number of unbranched alkanes of at least 4 members (excludes halogenated alkanes) is 4. The molecule has 1 fully saturated rings. The summed E-state index contributed by atoms with van der Waals surface area (Å²) in [5.74, 6) is -22.4. The van der Waals surface area contributed by atoms with E-state index >= 15 is 0 Å². The predicted molar refractivity (Wildman–Crippen MR) is 115 cm³/mol. The van der Waals surface area contributed by atoms with Crippen LogP contribution in [0.1, 0.15) is 78.1 Å². The molecule has 1 aliphatic rings. The average molecular weight is 633 g/mol. The molecular formula is C22H30F9NaO7S. The first-order chi connectivity index (χ1) is 17.9. The Morgan fingerprint density at radius 2 is 1.52 bits per heavy atom. The average Bonchev–Trinajstić information content (AvgIpc) is 2.84. The number of hydrogen-bond donors (Lipinski definition) is 0. The summed E-state index contributed by atoms with van der Waals surface area (Å²) in [5, 5.41) is 13.9. The Morgan fingerprint density at radius 3 is 2.05 bits per heavy atom. The Kier molecular flexibility index (Phi) is 15.7. The number of halogens is 9. The van der Waals surface area contributed by atoms with Crippen LogP contribution in [-0.4, -0.2) is 53.8 Å². The largest absolute Gasteiger partial charge is 1.00 e. The van der Waals surface area contributed by atoms with Crippen molar-refractivity contribution in [3.05, 3.63) is 0 Å². The smallest absolute Gasteiger partial charge is 0.691 e. The molecule has 0 amide bonds. The summed E-state index contributed by atoms with van der Waals surface area (Å²) in [6, 6.07) is 0. The third kappa shape index (κ3) is 8.56. The van der Waals surface area contributed by atoms with Crippen LogP contribution in [0.15, 0.2) is 0 Å². The molecule has 0 aromatic carbocycles. The van der Waals surface area contributed by atoms with Crippen molar-refractivity contribution in [1.29, 1.82) is 0 Å². The van der Waals surface area contributed by atoms with Gasteiger partial charge in [0.2, 0.25) is 0 Å². The van der Waals surface area contributed by atoms with Gasteiger partial charge in [-0.15, -0.1) is 0 Å². The SMILES string of the molecule is CCCCCCC1(CCCC)COC(=O)CC1(SOO[O-])C(=O)OCCC(F)(F)C(F)(F)C(F)(F)C(F)(F)F.[Na+]. The van der Waals surface area contributed by atoms with Crippen molar-refractivity contribution in [2.24, 2.45) is 5.41 Å². The second-order valence-corrected chi connectivity index (χ2v) is 10.3. The quantitative estimate of drug-likeness (QED) is 0.0460. The van der Waals surface area contributed by atoms with E-state index in [1.54, 1.807) is 6.92 Å². The van der Waals surface area contributed by atoms with Gasteiger partial charge in [0.1, 0.15) is 0 Å². The predicted octanol–water partition coefficient (Wildman–Crippen LogP) is 3.10. The first-order valence-electron chi connectivity index (χ1n) is 12.1. The third-order valence-electron chi connectivity index (χ3n) is 6.67. The van der Waals surface area contributed by atoms with Gasteiger partial charge in [-0.2, -0.15) is 43.8 Å². The third-order valence-corrected chi connectivity index (χ3v) is 7.82. The van der Waals surface area contributed by atoms with Crippen LogP contribution in [0.25, 0.3) is 0 Å². The minimum absolute atomic E-state index is 0. The standard InChI is InChI=1S/C22H31F9O7S.Na/c1-3-5-7-8-10-17(9-6-4-2)14-36-15(32)13-18(17,39-38-37-34)16(33)35-12-11-19(23,24)20(25,26)21(27,28)22(29,30)31;/h34H,3-14H2,1-2H3;/q;+1/p-1. The summed E-state index contributed by atoms with van der Waals surface area (Å²) >= 11 is 0.0345. The van der Waals surface area contributed by atoms with Gasteiger partial charge in [-0.1, -0.05) is 52.4 Å². The fourth-order valence-electron chi connectivity index (χ4n) is 4.32. The van der Waals surface area contributed by atoms with Crippen LogP contribution in [-0.2, 0) is 28.4 Å². The van der Waals surface area contributed by atoms with E-state index in [-0.39, 0.29) is 54.4 Å². The van der Waals surface area contributed by atoms with E-state index in [4.69, 9.17) is 4.74 Å². The van der Waals surface area contributed by atoms with Crippen molar-refractivity contribution < 1.29 is 103 Å². The number of rotatable bonds is 17. The number of ether oxygens (including phenoxy) is 2. The first-order valence-corrected chi connectivity index (χ1v) is 12.8. The van der Waals surface area contributed by atoms with Crippen LogP contribution < -0.4 is 34.8 Å². The molecule has 1 aliphatic heterocycles. The molecule has 2 atom stereocenters. The zero-order chi connectivity index (χ0) is 30.2. The van der Waals surface area contributed by atoms with Crippen molar-refractivity contribution in [1.82, 2.24) is 0 Å². The Balaban J connectivity index is 0.0000152. The summed E-state index contributed by atoms with van der Waals surface area (Å²) in [4.78, 5) is 25.5. The summed E-state index contributed by atoms with van der Waals surface area (Å²) in [5.41, 5.74) is -1.32. The summed E-state index contributed by atoms with van der Waals surface area (Å²) in [6.07, 6.45) is -6.11. The van der Waals surface area contributed by atoms with Crippen LogP contribution in [0.3, 0.4) is 0 Å². The second-order valence-electron chi connectivity index (χ2n) is 9.32. The van der Waals surface area contributed by atoms with Crippen molar-refractivity contribution in [3.63, 3.8) is 0 Å². The molecule has 18 heteroatoms. The number of cyclic esters (lactones) is 1. The van der Waals surface area contributed by atoms with Gasteiger partial charge in [-0.3, -0.25) is 14.6 Å². The van der Waals surface area contributed by atoms with E-state index < -0.39 is 72.1 Å². The maximum absolute atomic E-state index is 14.0. The van der Waals surface area contributed by atoms with Crippen molar-refractivity contribution >= 4 is 24.0 Å². The molecule has 1 rings (SSSR count). The Morgan fingerprint density at radius 1 is 0.950 bits per heavy atom. The zero-order valence-electron chi connectivity index (χ0n) is 22.2. The molecule has 0 N–H and O–H groups in total. The summed E-state index contributed by atoms with van der Waals surface area (Å²) < 4.78 is 130. The van der Waals surface area contributed by atoms with Gasteiger partial charge < -0.3 is 14.7 Å². The maximum atomic E-state index is 14.0. The van der Waals surface area contributed by atoms with Gasteiger partial charge in [0.15, 0.2) is 4.75 Å². The molecule has 0 aliphatic carbocycles. The molecule has 0 aromatic rings. The minimum Gasteiger partial charge on any atom is -0.691 e. The normalized spacial score (nSPS) is 22.4. The number of hydrogen-bond acceptors (Lipinski definition) is 8. The maximum Gasteiger partial charge on any atom is 1.00 e. The Bertz CT molecular complexity index is 820. The molecule has 0 aromatic heterocycles. The van der Waals surface area contributed by atoms with Gasteiger partial charge in [0, 0.05) is 5.41 Å². The Labute approximate surface area is 251 Å². The van der Waals surface area contributed by atoms with Gasteiger partial charge in [-0.25, -0.2) is 0 Å². The number of carbonyl (C=O) groups excluding carboxylic acids is 2. The van der Waals surface area contributed by atoms with Crippen LogP contribution in [0.2, 0.25) is 0 Å². The van der Waals surface area contributed by atoms with Gasteiger partial charge >= 0.3 is 65.4 Å². The zero-order valence-corrected chi connectivity index (χ0v) is 25.0. The first kappa shape index (κ1) is 39.5. The van der Waals surface area contributed by atoms with E-state index in [9.17, 15) is 54.4 Å². The molecule has 1 heterocycles. The molecule has 230 valence electrons. The Hall–Kier alpha value is -0.460. The van der Waals surface area contributed by atoms with Gasteiger partial charge in [0.25, 0.3) is 0 Å². The van der Waals surface area contributed by atoms with Crippen molar-refractivity contribution in [2.75, 3.05) is 13.2 Å². The molecule has 40 heavy (non-hydrogen) atoms. The number of alkyl halides is 9. The van der Waals surface area contributed by atoms with Crippen molar-refractivity contribution in [3.8, 4) is 0 Å². The second kappa shape index (κ2) is 15.8. The van der Waals surface area contributed by atoms with Crippen molar-refractivity contribution in [2.45, 2.75) is 107 Å². The van der Waals surface area contributed by atoms with E-state index in [0.717, 1.165) is 12.8 Å². The van der Waals surface area contributed by atoms with E-state index in [2.05, 4.69) is 14.1 Å². The number of esters is 2. The van der Waals surface area contributed by atoms with Crippen LogP contribution in [0, 0.1) is 5.41 Å². The van der Waals surface area contributed by atoms with E-state index in [0.29, 0.717) is 25.7 Å². The summed E-state index contributed by atoms with van der Waals surface area (Å²) in [6.45, 7) is 1.60. The summed E-state index contributed by atoms with van der Waals surface area (Å²) in [7, 11) is 0. The van der Waals surface area contributed by atoms with Crippen LogP contribution in [0.4, 0.5) is 39.5 Å². The monoisotopic (exact) mass is 632 g/mol. The van der Waals surface area contributed by atoms with Crippen LogP contribution >= 0.6 is 12.0 Å². The fourth-order valence-corrected chi connectivity index (χ4v) is 5.21. The molecule has 2 unspecified atom stereocenters. The van der Waals surface area contributed by atoms with Crippen LogP contribution in [0.5, 0.6) is 0 Å². The van der Waals surface area contributed by atoms with E-state index in [1.807, 2.05) is 6.92 Å². The minimum atomic E-state index is -7.09. The molecule has 0 bridgehead atoms. The fraction of sp³-hybridized carbons (Fsp3) is 0.909. The molecule has 1 saturated heterocycles. The number of carbonyl (C=O) groups is 2. The molecule has 0 saturated carbocycles. The van der Waals surface area contributed by atoms with Gasteiger partial charge in [-0.05, 0) is 12.8 Å². The topological polar surface area (TPSA) is 94.1 Å². The molecular weight excluding hydrogens is 602 g/mol. The van der Waals surface area contributed by atoms with E-state index in [1.165, 1.54) is 0 Å². The van der Waals surface area contributed by atoms with Gasteiger partial charge in [0.05, 0.1) is 38.1 Å². The molecule has 0 radical (unpaired) electrons. The molecule has 0 spiro atoms.